The summed E-state index contributed by atoms with van der Waals surface area (Å²) < 4.78 is 142. The zero-order valence-electron chi connectivity index (χ0n) is 81.3. The number of non-ortho nitro benzene ring substituents is 5. The summed E-state index contributed by atoms with van der Waals surface area (Å²) in [5.74, 6) is 0. The number of likely N-dealkylation sites (tertiary alicyclic amines) is 1. The summed E-state index contributed by atoms with van der Waals surface area (Å²) in [6.45, 7) is 21.6. The van der Waals surface area contributed by atoms with Crippen molar-refractivity contribution in [2.75, 3.05) is 243 Å². The number of nitro groups is 5. The van der Waals surface area contributed by atoms with E-state index in [9.17, 15) is 92.7 Å². The van der Waals surface area contributed by atoms with E-state index in [1.54, 1.807) is 59.3 Å². The smallest absolute Gasteiger partial charge is 0.271 e. The van der Waals surface area contributed by atoms with Crippen molar-refractivity contribution >= 4 is 266 Å². The van der Waals surface area contributed by atoms with Crippen LogP contribution in [0.15, 0.2) is 122 Å². The molecule has 12 rings (SSSR count). The van der Waals surface area contributed by atoms with Gasteiger partial charge in [-0.2, -0.15) is 17.2 Å². The first kappa shape index (κ1) is 124. The minimum atomic E-state index is -3.97. The number of hydrogen-bond acceptors (Lipinski definition) is 30. The van der Waals surface area contributed by atoms with Gasteiger partial charge in [-0.15, -0.1) is 0 Å². The zero-order valence-corrected chi connectivity index (χ0v) is 101. The van der Waals surface area contributed by atoms with E-state index in [0.717, 1.165) is 61.3 Å². The number of fused-ring (bicyclic) bond motifs is 2. The second-order valence-corrected chi connectivity index (χ2v) is 52.4. The summed E-state index contributed by atoms with van der Waals surface area (Å²) in [5, 5.41) is 63.1. The lowest BCUT2D eigenvalue weighted by atomic mass is 10.0. The van der Waals surface area contributed by atoms with Crippen molar-refractivity contribution < 1.29 is 66.7 Å². The minimum absolute atomic E-state index is 0.0191. The van der Waals surface area contributed by atoms with Crippen LogP contribution in [0.3, 0.4) is 0 Å². The normalized spacial score (nSPS) is 15.7. The van der Waals surface area contributed by atoms with E-state index in [2.05, 4.69) is 184 Å². The molecular formula is C90H123Br10N19O20S5. The third-order valence-corrected chi connectivity index (χ3v) is 38.2. The molecular weight excluding hydrogens is 2630 g/mol. The molecule has 7 heterocycles. The molecule has 0 unspecified atom stereocenters. The highest BCUT2D eigenvalue weighted by atomic mass is 79.9. The van der Waals surface area contributed by atoms with Crippen molar-refractivity contribution in [2.24, 2.45) is 0 Å². The van der Waals surface area contributed by atoms with Crippen molar-refractivity contribution in [3.8, 4) is 0 Å². The predicted octanol–water partition coefficient (Wildman–Crippen LogP) is 16.7. The highest BCUT2D eigenvalue weighted by molar-refractivity contribution is 9.10. The summed E-state index contributed by atoms with van der Waals surface area (Å²) in [7, 11) is -13.4. The Morgan fingerprint density at radius 1 is 0.326 bits per heavy atom. The van der Waals surface area contributed by atoms with E-state index < -0.39 is 79.8 Å². The summed E-state index contributed by atoms with van der Waals surface area (Å²) in [4.78, 5) is 79.1. The quantitative estimate of drug-likeness (QED) is 0.0195. The Morgan fingerprint density at radius 2 is 0.604 bits per heavy atom. The number of halogens is 10. The molecule has 0 bridgehead atoms. The molecule has 7 aromatic rings. The minimum Gasteiger partial charge on any atom is -0.369 e. The lowest BCUT2D eigenvalue weighted by molar-refractivity contribution is -0.385. The van der Waals surface area contributed by atoms with Crippen LogP contribution in [-0.4, -0.2) is 332 Å². The molecule has 5 aromatic carbocycles. The van der Waals surface area contributed by atoms with Crippen LogP contribution in [0, 0.1) is 85.2 Å². The van der Waals surface area contributed by atoms with Gasteiger partial charge in [-0.25, -0.2) is 42.1 Å². The molecule has 0 saturated carbocycles. The number of rotatable bonds is 40. The number of alkyl halides is 10. The largest absolute Gasteiger partial charge is 0.369 e. The SMILES string of the molecule is Cc1cc([N+](=O)[O-])cc(S(=O)(=O)C2CCN(C)CC2)c1N(CCBr)CCBr.Cc1cc([N+](=O)[O-])cc(S(=O)(=O)N2CCCN(C)CC2)c1N(CCBr)CCBr.Cc1cc([N+](=O)[O-])cc(S(=O)(=O)N2CCCN(C)CCC2)c1N(CCBr)CCBr.Cc1cc([N+](=O)[O-])cc(S(=O)(=O)N2CCc3cnccc3C2)c1N(CCBr)CCBr.Cc1cc([N+](=O)[O-])cc(S(=O)(=O)N2CCc3ncccc3C2)c1N(CCBr)CCBr. The van der Waals surface area contributed by atoms with Crippen LogP contribution in [0.25, 0.3) is 0 Å². The number of sulfone groups is 1. The molecule has 5 aliphatic heterocycles. The number of likely N-dealkylation sites (N-methyl/N-ethyl adjacent to an activating group) is 1. The molecule has 0 amide bonds. The van der Waals surface area contributed by atoms with Gasteiger partial charge >= 0.3 is 0 Å². The molecule has 0 aliphatic carbocycles. The number of nitro benzene ring substituents is 5. The van der Waals surface area contributed by atoms with E-state index in [1.165, 1.54) is 77.9 Å². The van der Waals surface area contributed by atoms with Crippen LogP contribution in [0.5, 0.6) is 0 Å². The number of pyridine rings is 2. The van der Waals surface area contributed by atoms with Gasteiger partial charge in [-0.05, 0) is 184 Å². The van der Waals surface area contributed by atoms with Crippen molar-refractivity contribution in [3.63, 3.8) is 0 Å². The van der Waals surface area contributed by atoms with E-state index in [4.69, 9.17) is 0 Å². The van der Waals surface area contributed by atoms with Crippen LogP contribution in [0.2, 0.25) is 0 Å². The standard InChI is InChI=1S/2C19H22Br2N4O4S.C18H28Br2N4O4S.C17H26Br2N4O4S.C17H25Br2N3O4S/c1-14-10-17(25(26)27)11-18(19(14)23(8-4-20)9-5-21)30(28,29)24-7-3-15-12-22-6-2-16(15)13-24;1-14-11-16(25(26)27)12-18(19(14)23(9-5-20)10-6-21)30(28,29)24-8-4-17-15(13-24)3-2-7-22-17;1-15-13-16(24(25)26)14-17(18(15)22(11-5-19)12-6-20)29(27,28)23-9-3-7-21(2)8-4-10-23;1-14-12-15(23(24)25)13-16(17(14)21(8-4-18)9-5-19)28(26,27)22-7-3-6-20(2)10-11-22;1-13-11-14(22(23)24)12-16(17(13)21(9-5-18)10-6-19)27(25,26)15-3-7-20(2)8-4-15/h2,6,10-12H,3-5,7-9,13H2,1H3;2-3,7,11-12H,4-6,8-10,13H2,1H3;13-14H,3-12H2,1-2H3;12-13H,3-11H2,1-2H3;11-12,15H,3-10H2,1-2H3. The first-order valence-electron chi connectivity index (χ1n) is 46.2. The molecule has 3 saturated heterocycles. The van der Waals surface area contributed by atoms with Gasteiger partial charge in [-0.3, -0.25) is 60.5 Å². The summed E-state index contributed by atoms with van der Waals surface area (Å²) in [5.41, 5.74) is 8.24. The van der Waals surface area contributed by atoms with E-state index >= 15 is 0 Å². The fourth-order valence-electron chi connectivity index (χ4n) is 17.8. The topological polar surface area (TPSA) is 451 Å². The lowest BCUT2D eigenvalue weighted by Crippen LogP contribution is -2.39. The number of piperidine rings is 1. The monoisotopic (exact) mass is 2740 g/mol. The number of sulfonamides is 4. The van der Waals surface area contributed by atoms with Gasteiger partial charge in [0.1, 0.15) is 19.6 Å². The number of hydrogen-bond donors (Lipinski definition) is 0. The highest BCUT2D eigenvalue weighted by Gasteiger charge is 2.42. The molecule has 0 spiro atoms. The van der Waals surface area contributed by atoms with Crippen LogP contribution in [-0.2, 0) is 75.9 Å². The zero-order chi connectivity index (χ0) is 106. The molecule has 5 aliphatic rings. The van der Waals surface area contributed by atoms with Crippen LogP contribution in [0.4, 0.5) is 56.9 Å². The Balaban J connectivity index is 0.000000220. The van der Waals surface area contributed by atoms with Gasteiger partial charge < -0.3 is 39.2 Å². The molecule has 144 heavy (non-hydrogen) atoms. The lowest BCUT2D eigenvalue weighted by Gasteiger charge is -2.31. The van der Waals surface area contributed by atoms with E-state index in [1.807, 2.05) is 57.8 Å². The molecule has 39 nitrogen and oxygen atoms in total. The summed E-state index contributed by atoms with van der Waals surface area (Å²) >= 11 is 34.2. The molecule has 0 radical (unpaired) electrons. The fourth-order valence-corrected chi connectivity index (χ4v) is 31.1. The van der Waals surface area contributed by atoms with Crippen molar-refractivity contribution in [1.29, 1.82) is 0 Å². The van der Waals surface area contributed by atoms with Gasteiger partial charge in [0.2, 0.25) is 40.1 Å². The van der Waals surface area contributed by atoms with Crippen LogP contribution >= 0.6 is 159 Å². The third-order valence-electron chi connectivity index (χ3n) is 24.8. The maximum Gasteiger partial charge on any atom is 0.271 e. The predicted molar refractivity (Wildman–Crippen MR) is 603 cm³/mol. The van der Waals surface area contributed by atoms with E-state index in [0.29, 0.717) is 253 Å². The molecule has 0 atom stereocenters. The molecule has 798 valence electrons. The van der Waals surface area contributed by atoms with Crippen molar-refractivity contribution in [1.82, 2.24) is 41.9 Å². The second-order valence-electron chi connectivity index (χ2n) is 34.6. The highest BCUT2D eigenvalue weighted by Crippen LogP contribution is 2.44. The number of aromatic nitrogens is 2. The molecule has 2 aromatic heterocycles. The maximum atomic E-state index is 13.7. The average Bonchev–Trinajstić information content (AvgIpc) is 0.841. The Hall–Kier alpha value is -5.33. The first-order valence-corrected chi connectivity index (χ1v) is 64.7. The maximum absolute atomic E-state index is 13.7. The van der Waals surface area contributed by atoms with Gasteiger partial charge in [-0.1, -0.05) is 165 Å². The molecule has 54 heteroatoms. The van der Waals surface area contributed by atoms with Gasteiger partial charge in [0, 0.05) is 269 Å². The number of anilines is 5. The Morgan fingerprint density at radius 3 is 0.924 bits per heavy atom. The van der Waals surface area contributed by atoms with Crippen molar-refractivity contribution in [3.05, 3.63) is 198 Å². The fraction of sp³-hybridized carbons (Fsp3) is 0.556. The Kier molecular flexibility index (Phi) is 50.3. The summed E-state index contributed by atoms with van der Waals surface area (Å²) in [6.07, 6.45) is 9.42. The van der Waals surface area contributed by atoms with Crippen LogP contribution in [0.1, 0.15) is 82.3 Å². The number of nitrogens with zero attached hydrogens (tertiary/aromatic N) is 19. The molecule has 3 fully saturated rings. The van der Waals surface area contributed by atoms with E-state index in [-0.39, 0.29) is 72.5 Å². The molecule has 0 N–H and O–H groups in total. The second kappa shape index (κ2) is 58.5. The number of benzene rings is 5. The van der Waals surface area contributed by atoms with Gasteiger partial charge in [0.15, 0.2) is 9.84 Å². The Bertz CT molecular complexity index is 6000. The first-order chi connectivity index (χ1) is 68.2. The van der Waals surface area contributed by atoms with Gasteiger partial charge in [0.05, 0.1) is 63.2 Å². The van der Waals surface area contributed by atoms with Crippen molar-refractivity contribution in [2.45, 2.75) is 122 Å². The third kappa shape index (κ3) is 32.6. The average molecular weight is 2750 g/mol. The summed E-state index contributed by atoms with van der Waals surface area (Å²) in [6, 6.07) is 18.7. The van der Waals surface area contributed by atoms with Crippen LogP contribution < -0.4 is 24.5 Å². The Labute approximate surface area is 928 Å². The number of aryl methyl sites for hydroxylation is 5. The van der Waals surface area contributed by atoms with Gasteiger partial charge in [0.25, 0.3) is 28.4 Å².